The Hall–Kier alpha value is -1.44. The van der Waals surface area contributed by atoms with Crippen LogP contribution in [0.3, 0.4) is 0 Å². The average Bonchev–Trinajstić information content (AvgIpc) is 3.31. The fraction of sp³-hybridized carbons (Fsp3) is 0.806. The van der Waals surface area contributed by atoms with Gasteiger partial charge in [0.25, 0.3) is 0 Å². The van der Waals surface area contributed by atoms with Gasteiger partial charge in [0.15, 0.2) is 9.84 Å². The fourth-order valence-corrected chi connectivity index (χ4v) is 12.4. The first kappa shape index (κ1) is 32.9. The molecule has 11 atom stereocenters. The second-order valence-corrected chi connectivity index (χ2v) is 17.7. The summed E-state index contributed by atoms with van der Waals surface area (Å²) in [5.41, 5.74) is 1.21. The zero-order chi connectivity index (χ0) is 31.3. The van der Waals surface area contributed by atoms with Crippen molar-refractivity contribution in [1.29, 1.82) is 0 Å². The summed E-state index contributed by atoms with van der Waals surface area (Å²) < 4.78 is 25.9. The van der Waals surface area contributed by atoms with Crippen molar-refractivity contribution in [1.82, 2.24) is 0 Å². The van der Waals surface area contributed by atoms with E-state index < -0.39 is 15.6 Å². The Balaban J connectivity index is 1.21. The zero-order valence-electron chi connectivity index (χ0n) is 27.5. The maximum absolute atomic E-state index is 13.0. The van der Waals surface area contributed by atoms with Gasteiger partial charge in [0.1, 0.15) is 11.5 Å². The molecule has 1 aromatic carbocycles. The number of carbonyl (C=O) groups is 1. The molecule has 6 nitrogen and oxygen atoms in total. The first-order valence-corrected chi connectivity index (χ1v) is 18.8. The van der Waals surface area contributed by atoms with Gasteiger partial charge in [0, 0.05) is 26.2 Å². The monoisotopic (exact) mass is 615 g/mol. The highest BCUT2D eigenvalue weighted by molar-refractivity contribution is 7.92. The van der Waals surface area contributed by atoms with Crippen LogP contribution in [-0.4, -0.2) is 56.5 Å². The molecule has 4 aliphatic rings. The number of carbonyl (C=O) groups excluding carboxylic acids is 1. The van der Waals surface area contributed by atoms with E-state index in [1.165, 1.54) is 25.7 Å². The number of anilines is 1. The molecule has 1 aromatic rings. The van der Waals surface area contributed by atoms with Crippen LogP contribution in [0.4, 0.5) is 5.69 Å². The normalized spacial score (nSPS) is 39.8. The van der Waals surface area contributed by atoms with Crippen LogP contribution in [0.2, 0.25) is 0 Å². The van der Waals surface area contributed by atoms with Gasteiger partial charge in [-0.15, -0.1) is 0 Å². The van der Waals surface area contributed by atoms with E-state index in [-0.39, 0.29) is 39.6 Å². The largest absolute Gasteiger partial charge is 0.393 e. The number of nitrogens with zero attached hydrogens (tertiary/aromatic N) is 1. The van der Waals surface area contributed by atoms with Crippen molar-refractivity contribution in [2.45, 2.75) is 115 Å². The molecule has 0 heterocycles. The van der Waals surface area contributed by atoms with Crippen molar-refractivity contribution < 1.29 is 23.4 Å². The Bertz CT molecular complexity index is 1260. The minimum atomic E-state index is -3.66. The lowest BCUT2D eigenvalue weighted by Gasteiger charge is -2.64. The summed E-state index contributed by atoms with van der Waals surface area (Å²) in [5.74, 6) is 2.48. The summed E-state index contributed by atoms with van der Waals surface area (Å²) >= 11 is 0. The van der Waals surface area contributed by atoms with Gasteiger partial charge in [-0.25, -0.2) is 8.42 Å². The number of ketones is 1. The molecule has 4 fully saturated rings. The van der Waals surface area contributed by atoms with E-state index in [0.29, 0.717) is 41.9 Å². The topological polar surface area (TPSA) is 94.9 Å². The molecular formula is C36H57NO5S. The number of hydrogen-bond donors (Lipinski definition) is 2. The maximum Gasteiger partial charge on any atom is 0.185 e. The predicted octanol–water partition coefficient (Wildman–Crippen LogP) is 6.53. The maximum atomic E-state index is 13.0. The van der Waals surface area contributed by atoms with E-state index in [4.69, 9.17) is 0 Å². The molecule has 43 heavy (non-hydrogen) atoms. The third-order valence-corrected chi connectivity index (χ3v) is 15.0. The summed E-state index contributed by atoms with van der Waals surface area (Å²) in [5, 5.41) is 22.5. The average molecular weight is 616 g/mol. The summed E-state index contributed by atoms with van der Waals surface area (Å²) in [7, 11) is 0.0772. The number of aliphatic hydroxyl groups excluding tert-OH is 2. The predicted molar refractivity (Wildman–Crippen MR) is 173 cm³/mol. The van der Waals surface area contributed by atoms with Gasteiger partial charge in [-0.3, -0.25) is 4.79 Å². The van der Waals surface area contributed by atoms with E-state index in [1.54, 1.807) is 18.2 Å². The van der Waals surface area contributed by atoms with E-state index in [1.807, 2.05) is 25.1 Å². The molecule has 0 aromatic heterocycles. The highest BCUT2D eigenvalue weighted by Crippen LogP contribution is 2.69. The standard InChI is InChI=1S/C36H57NO5S/c1-7-28-32-21-25(38)16-18-36(32,4)31-17-19-35(3)29(14-15-30(35)33(31)34(28)40)23(2)10-8-12-26(39)22-43(41,42)27-13-9-11-24(20-27)37(5)6/h9,11,13,20,23,25,28-34,38,40H,7-8,10,12,14-19,21-22H2,1-6H3/t23-,25-,28-,29-,30+,31+,32+,33+,34-,35-,36-/m1/s1. The smallest absolute Gasteiger partial charge is 0.185 e. The number of rotatable bonds is 10. The molecular weight excluding hydrogens is 558 g/mol. The SMILES string of the molecule is CC[C@H]1[C@@H](O)[C@@H]2[C@H](CC[C@]3(C)[C@@H]([C@H](C)CCCC(=O)CS(=O)(=O)c4cccc(N(C)C)c4)CC[C@@H]23)[C@@]2(C)CC[C@@H](O)C[C@@H]12. The van der Waals surface area contributed by atoms with Crippen LogP contribution in [0.1, 0.15) is 98.3 Å². The molecule has 0 saturated heterocycles. The number of fused-ring (bicyclic) bond motifs is 5. The number of hydrogen-bond acceptors (Lipinski definition) is 6. The highest BCUT2D eigenvalue weighted by atomic mass is 32.2. The lowest BCUT2D eigenvalue weighted by Crippen LogP contribution is -2.62. The van der Waals surface area contributed by atoms with Crippen molar-refractivity contribution in [3.8, 4) is 0 Å². The number of aliphatic hydroxyl groups is 2. The van der Waals surface area contributed by atoms with Crippen molar-refractivity contribution in [2.24, 2.45) is 52.3 Å². The van der Waals surface area contributed by atoms with Gasteiger partial charge in [0.05, 0.1) is 17.1 Å². The van der Waals surface area contributed by atoms with Crippen LogP contribution >= 0.6 is 0 Å². The molecule has 4 aliphatic carbocycles. The molecule has 0 spiro atoms. The Morgan fingerprint density at radius 3 is 2.42 bits per heavy atom. The number of sulfone groups is 1. The quantitative estimate of drug-likeness (QED) is 0.311. The Morgan fingerprint density at radius 2 is 1.72 bits per heavy atom. The van der Waals surface area contributed by atoms with Crippen LogP contribution in [-0.2, 0) is 14.6 Å². The minimum absolute atomic E-state index is 0.196. The van der Waals surface area contributed by atoms with Crippen LogP contribution in [0.25, 0.3) is 0 Å². The summed E-state index contributed by atoms with van der Waals surface area (Å²) in [6.45, 7) is 9.55. The van der Waals surface area contributed by atoms with Crippen molar-refractivity contribution in [2.75, 3.05) is 24.7 Å². The van der Waals surface area contributed by atoms with Crippen molar-refractivity contribution in [3.05, 3.63) is 24.3 Å². The molecule has 0 unspecified atom stereocenters. The molecule has 0 amide bonds. The molecule has 2 N–H and O–H groups in total. The van der Waals surface area contributed by atoms with Crippen LogP contribution < -0.4 is 4.90 Å². The van der Waals surface area contributed by atoms with Crippen molar-refractivity contribution >= 4 is 21.3 Å². The molecule has 0 bridgehead atoms. The second-order valence-electron chi connectivity index (χ2n) is 15.7. The third kappa shape index (κ3) is 5.96. The lowest BCUT2D eigenvalue weighted by atomic mass is 9.41. The van der Waals surface area contributed by atoms with Crippen LogP contribution in [0.15, 0.2) is 29.2 Å². The lowest BCUT2D eigenvalue weighted by molar-refractivity contribution is -0.203. The molecule has 242 valence electrons. The Morgan fingerprint density at radius 1 is 1.02 bits per heavy atom. The van der Waals surface area contributed by atoms with Gasteiger partial charge in [-0.05, 0) is 122 Å². The van der Waals surface area contributed by atoms with E-state index in [9.17, 15) is 23.4 Å². The molecule has 7 heteroatoms. The minimum Gasteiger partial charge on any atom is -0.393 e. The van der Waals surface area contributed by atoms with E-state index in [0.717, 1.165) is 44.2 Å². The number of benzene rings is 1. The Kier molecular flexibility index (Phi) is 9.50. The van der Waals surface area contributed by atoms with Crippen LogP contribution in [0.5, 0.6) is 0 Å². The second kappa shape index (κ2) is 12.4. The molecule has 0 radical (unpaired) electrons. The number of Topliss-reactive ketones (excluding diaryl/α,β-unsaturated/α-hetero) is 1. The molecule has 0 aliphatic heterocycles. The van der Waals surface area contributed by atoms with Gasteiger partial charge in [-0.2, -0.15) is 0 Å². The summed E-state index contributed by atoms with van der Waals surface area (Å²) in [4.78, 5) is 14.9. The molecule has 5 rings (SSSR count). The fourth-order valence-electron chi connectivity index (χ4n) is 11.1. The zero-order valence-corrected chi connectivity index (χ0v) is 28.3. The van der Waals surface area contributed by atoms with Gasteiger partial charge >= 0.3 is 0 Å². The van der Waals surface area contributed by atoms with E-state index >= 15 is 0 Å². The third-order valence-electron chi connectivity index (χ3n) is 13.3. The first-order valence-electron chi connectivity index (χ1n) is 17.1. The summed E-state index contributed by atoms with van der Waals surface area (Å²) in [6, 6.07) is 6.80. The van der Waals surface area contributed by atoms with Crippen molar-refractivity contribution in [3.63, 3.8) is 0 Å². The summed E-state index contributed by atoms with van der Waals surface area (Å²) in [6.07, 6.45) is 9.98. The molecule has 4 saturated carbocycles. The van der Waals surface area contributed by atoms with E-state index in [2.05, 4.69) is 27.7 Å². The van der Waals surface area contributed by atoms with Gasteiger partial charge < -0.3 is 15.1 Å². The van der Waals surface area contributed by atoms with Gasteiger partial charge in [-0.1, -0.05) is 46.6 Å². The highest BCUT2D eigenvalue weighted by Gasteiger charge is 2.64. The van der Waals surface area contributed by atoms with Crippen LogP contribution in [0, 0.1) is 52.3 Å². The van der Waals surface area contributed by atoms with Gasteiger partial charge in [0.2, 0.25) is 0 Å². The Labute approximate surface area is 260 Å². The first-order chi connectivity index (χ1) is 20.2.